The van der Waals surface area contributed by atoms with Gasteiger partial charge in [0, 0.05) is 18.0 Å². The molecule has 0 atom stereocenters. The molecule has 0 saturated heterocycles. The quantitative estimate of drug-likeness (QED) is 0.710. The average molecular weight is 291 g/mol. The zero-order valence-corrected chi connectivity index (χ0v) is 13.4. The number of hydrogen-bond acceptors (Lipinski definition) is 1. The maximum atomic E-state index is 12.5. The fourth-order valence-corrected chi connectivity index (χ4v) is 3.18. The molecule has 0 radical (unpaired) electrons. The van der Waals surface area contributed by atoms with Crippen LogP contribution in [0.25, 0.3) is 10.9 Å². The Bertz CT molecular complexity index is 876. The average Bonchev–Trinajstić information content (AvgIpc) is 2.48. The van der Waals surface area contributed by atoms with E-state index >= 15 is 0 Å². The summed E-state index contributed by atoms with van der Waals surface area (Å²) in [5.74, 6) is 0. The molecule has 0 spiro atoms. The Hall–Kier alpha value is -2.35. The van der Waals surface area contributed by atoms with Crippen molar-refractivity contribution in [2.24, 2.45) is 0 Å². The van der Waals surface area contributed by atoms with Gasteiger partial charge in [-0.1, -0.05) is 42.0 Å². The highest BCUT2D eigenvalue weighted by atomic mass is 16.1. The van der Waals surface area contributed by atoms with Gasteiger partial charge in [-0.05, 0) is 49.9 Å². The molecule has 112 valence electrons. The molecule has 0 fully saturated rings. The smallest absolute Gasteiger partial charge is 0.251 e. The topological polar surface area (TPSA) is 22.0 Å². The van der Waals surface area contributed by atoms with Gasteiger partial charge >= 0.3 is 0 Å². The molecule has 3 aromatic rings. The van der Waals surface area contributed by atoms with Crippen molar-refractivity contribution in [3.63, 3.8) is 0 Å². The summed E-state index contributed by atoms with van der Waals surface area (Å²) in [5.41, 5.74) is 5.89. The molecule has 2 aromatic carbocycles. The van der Waals surface area contributed by atoms with E-state index in [0.717, 1.165) is 17.5 Å². The molecular weight excluding hydrogens is 270 g/mol. The van der Waals surface area contributed by atoms with Crippen LogP contribution in [0.5, 0.6) is 0 Å². The van der Waals surface area contributed by atoms with Gasteiger partial charge in [-0.15, -0.1) is 0 Å². The molecule has 0 unspecified atom stereocenters. The van der Waals surface area contributed by atoms with Crippen molar-refractivity contribution in [3.8, 4) is 0 Å². The third kappa shape index (κ3) is 2.69. The van der Waals surface area contributed by atoms with Crippen LogP contribution in [0, 0.1) is 20.8 Å². The molecule has 22 heavy (non-hydrogen) atoms. The Labute approximate surface area is 131 Å². The van der Waals surface area contributed by atoms with E-state index in [-0.39, 0.29) is 5.56 Å². The van der Waals surface area contributed by atoms with E-state index in [9.17, 15) is 4.79 Å². The predicted molar refractivity (Wildman–Crippen MR) is 92.6 cm³/mol. The van der Waals surface area contributed by atoms with Crippen LogP contribution in [0.2, 0.25) is 0 Å². The van der Waals surface area contributed by atoms with Crippen molar-refractivity contribution in [2.45, 2.75) is 33.7 Å². The van der Waals surface area contributed by atoms with Crippen molar-refractivity contribution >= 4 is 10.9 Å². The van der Waals surface area contributed by atoms with Crippen LogP contribution in [0.1, 0.15) is 22.3 Å². The number of rotatable bonds is 3. The van der Waals surface area contributed by atoms with Gasteiger partial charge < -0.3 is 4.57 Å². The minimum Gasteiger partial charge on any atom is -0.308 e. The van der Waals surface area contributed by atoms with Gasteiger partial charge in [-0.3, -0.25) is 4.79 Å². The van der Waals surface area contributed by atoms with Crippen LogP contribution in [0.15, 0.2) is 53.3 Å². The summed E-state index contributed by atoms with van der Waals surface area (Å²) in [4.78, 5) is 12.5. The van der Waals surface area contributed by atoms with E-state index < -0.39 is 0 Å². The van der Waals surface area contributed by atoms with E-state index in [2.05, 4.69) is 38.1 Å². The zero-order valence-electron chi connectivity index (χ0n) is 13.4. The molecule has 0 aliphatic rings. The van der Waals surface area contributed by atoms with Crippen molar-refractivity contribution in [2.75, 3.05) is 0 Å². The second-order valence-electron chi connectivity index (χ2n) is 6.03. The molecule has 1 heterocycles. The van der Waals surface area contributed by atoms with E-state index in [4.69, 9.17) is 0 Å². The second kappa shape index (κ2) is 5.80. The SMILES string of the molecule is Cc1cc(C)c2c(c1)c(C)cc(=O)n2CCc1ccccc1. The Kier molecular flexibility index (Phi) is 3.84. The molecular formula is C20H21NO. The maximum absolute atomic E-state index is 12.5. The van der Waals surface area contributed by atoms with Crippen LogP contribution in [-0.4, -0.2) is 4.57 Å². The highest BCUT2D eigenvalue weighted by molar-refractivity contribution is 5.86. The Morgan fingerprint density at radius 1 is 0.909 bits per heavy atom. The number of fused-ring (bicyclic) bond motifs is 1. The summed E-state index contributed by atoms with van der Waals surface area (Å²) in [5, 5.41) is 1.19. The lowest BCUT2D eigenvalue weighted by Crippen LogP contribution is -2.22. The molecule has 0 N–H and O–H groups in total. The molecule has 1 aromatic heterocycles. The van der Waals surface area contributed by atoms with Gasteiger partial charge in [0.25, 0.3) is 5.56 Å². The van der Waals surface area contributed by atoms with Crippen molar-refractivity contribution < 1.29 is 0 Å². The van der Waals surface area contributed by atoms with Crippen LogP contribution in [0.3, 0.4) is 0 Å². The predicted octanol–water partition coefficient (Wildman–Crippen LogP) is 4.17. The summed E-state index contributed by atoms with van der Waals surface area (Å²) in [6.45, 7) is 6.92. The van der Waals surface area contributed by atoms with Crippen LogP contribution in [0.4, 0.5) is 0 Å². The maximum Gasteiger partial charge on any atom is 0.251 e. The first-order valence-corrected chi connectivity index (χ1v) is 7.71. The lowest BCUT2D eigenvalue weighted by Gasteiger charge is -2.15. The van der Waals surface area contributed by atoms with E-state index in [1.54, 1.807) is 6.07 Å². The minimum atomic E-state index is 0.0906. The van der Waals surface area contributed by atoms with Crippen molar-refractivity contribution in [3.05, 3.63) is 81.1 Å². The third-order valence-electron chi connectivity index (χ3n) is 4.21. The number of nitrogens with zero attached hydrogens (tertiary/aromatic N) is 1. The summed E-state index contributed by atoms with van der Waals surface area (Å²) in [6.07, 6.45) is 0.867. The highest BCUT2D eigenvalue weighted by Crippen LogP contribution is 2.22. The number of benzene rings is 2. The summed E-state index contributed by atoms with van der Waals surface area (Å²) in [6, 6.07) is 16.4. The third-order valence-corrected chi connectivity index (χ3v) is 4.21. The molecule has 0 saturated carbocycles. The monoisotopic (exact) mass is 291 g/mol. The minimum absolute atomic E-state index is 0.0906. The number of pyridine rings is 1. The zero-order chi connectivity index (χ0) is 15.7. The molecule has 0 amide bonds. The first-order valence-electron chi connectivity index (χ1n) is 7.71. The number of hydrogen-bond donors (Lipinski definition) is 0. The van der Waals surface area contributed by atoms with Gasteiger partial charge in [0.15, 0.2) is 0 Å². The summed E-state index contributed by atoms with van der Waals surface area (Å²) < 4.78 is 1.92. The number of aryl methyl sites for hydroxylation is 5. The molecule has 0 bridgehead atoms. The largest absolute Gasteiger partial charge is 0.308 e. The van der Waals surface area contributed by atoms with Gasteiger partial charge in [0.05, 0.1) is 5.52 Å². The first-order chi connectivity index (χ1) is 10.6. The molecule has 0 aliphatic heterocycles. The molecule has 2 nitrogen and oxygen atoms in total. The van der Waals surface area contributed by atoms with Crippen molar-refractivity contribution in [1.82, 2.24) is 4.57 Å². The van der Waals surface area contributed by atoms with E-state index in [1.807, 2.05) is 29.7 Å². The highest BCUT2D eigenvalue weighted by Gasteiger charge is 2.09. The summed E-state index contributed by atoms with van der Waals surface area (Å²) >= 11 is 0. The Balaban J connectivity index is 2.11. The Morgan fingerprint density at radius 2 is 1.64 bits per heavy atom. The van der Waals surface area contributed by atoms with Gasteiger partial charge in [0.1, 0.15) is 0 Å². The van der Waals surface area contributed by atoms with Crippen LogP contribution < -0.4 is 5.56 Å². The van der Waals surface area contributed by atoms with Crippen molar-refractivity contribution in [1.29, 1.82) is 0 Å². The normalized spacial score (nSPS) is 11.0. The lowest BCUT2D eigenvalue weighted by molar-refractivity contribution is 0.693. The Morgan fingerprint density at radius 3 is 2.36 bits per heavy atom. The molecule has 0 aliphatic carbocycles. The van der Waals surface area contributed by atoms with Gasteiger partial charge in [-0.2, -0.15) is 0 Å². The fraction of sp³-hybridized carbons (Fsp3) is 0.250. The van der Waals surface area contributed by atoms with Crippen LogP contribution >= 0.6 is 0 Å². The summed E-state index contributed by atoms with van der Waals surface area (Å²) in [7, 11) is 0. The molecule has 2 heteroatoms. The second-order valence-corrected chi connectivity index (χ2v) is 6.03. The van der Waals surface area contributed by atoms with Gasteiger partial charge in [-0.25, -0.2) is 0 Å². The number of aromatic nitrogens is 1. The van der Waals surface area contributed by atoms with Gasteiger partial charge in [0.2, 0.25) is 0 Å². The standard InChI is InChI=1S/C20H21NO/c1-14-11-16(3)20-18(12-14)15(2)13-19(22)21(20)10-9-17-7-5-4-6-8-17/h4-8,11-13H,9-10H2,1-3H3. The first kappa shape index (κ1) is 14.6. The lowest BCUT2D eigenvalue weighted by atomic mass is 10.0. The molecule has 3 rings (SSSR count). The van der Waals surface area contributed by atoms with Crippen LogP contribution in [-0.2, 0) is 13.0 Å². The van der Waals surface area contributed by atoms with E-state index in [1.165, 1.54) is 22.1 Å². The van der Waals surface area contributed by atoms with E-state index in [0.29, 0.717) is 6.54 Å². The fourth-order valence-electron chi connectivity index (χ4n) is 3.18.